The second-order valence-electron chi connectivity index (χ2n) is 7.69. The van der Waals surface area contributed by atoms with Crippen molar-refractivity contribution in [2.75, 3.05) is 0 Å². The number of thioether (sulfide) groups is 1. The molecule has 1 aromatic rings. The van der Waals surface area contributed by atoms with Crippen LogP contribution in [0.1, 0.15) is 77.6 Å². The van der Waals surface area contributed by atoms with Gasteiger partial charge in [-0.05, 0) is 37.5 Å². The first-order valence-corrected chi connectivity index (χ1v) is 9.16. The van der Waals surface area contributed by atoms with Gasteiger partial charge >= 0.3 is 0 Å². The summed E-state index contributed by atoms with van der Waals surface area (Å²) in [6.45, 7) is 9.00. The third-order valence-corrected chi connectivity index (χ3v) is 6.29. The maximum atomic E-state index is 6.39. The molecule has 0 amide bonds. The van der Waals surface area contributed by atoms with Gasteiger partial charge in [0.2, 0.25) is 0 Å². The van der Waals surface area contributed by atoms with Crippen LogP contribution in [0.15, 0.2) is 5.16 Å². The zero-order valence-corrected chi connectivity index (χ0v) is 14.5. The fraction of sp³-hybridized carbons (Fsp3) is 0.875. The molecule has 2 unspecified atom stereocenters. The van der Waals surface area contributed by atoms with Crippen LogP contribution in [0.4, 0.5) is 0 Å². The lowest BCUT2D eigenvalue weighted by Crippen LogP contribution is -2.40. The van der Waals surface area contributed by atoms with Crippen molar-refractivity contribution in [1.29, 1.82) is 0 Å². The summed E-state index contributed by atoms with van der Waals surface area (Å²) in [7, 11) is 0. The summed E-state index contributed by atoms with van der Waals surface area (Å²) < 4.78 is 2.43. The molecule has 0 spiro atoms. The second-order valence-corrected chi connectivity index (χ2v) is 8.80. The summed E-state index contributed by atoms with van der Waals surface area (Å²) in [4.78, 5) is 0. The Morgan fingerprint density at radius 1 is 1.24 bits per heavy atom. The minimum Gasteiger partial charge on any atom is -0.327 e. The van der Waals surface area contributed by atoms with Gasteiger partial charge in [0.1, 0.15) is 5.82 Å². The van der Waals surface area contributed by atoms with Crippen molar-refractivity contribution < 1.29 is 0 Å². The van der Waals surface area contributed by atoms with Crippen LogP contribution in [0.5, 0.6) is 0 Å². The maximum absolute atomic E-state index is 6.39. The van der Waals surface area contributed by atoms with Crippen molar-refractivity contribution in [3.63, 3.8) is 0 Å². The summed E-state index contributed by atoms with van der Waals surface area (Å²) in [6, 6.07) is 0.847. The van der Waals surface area contributed by atoms with E-state index in [4.69, 9.17) is 5.73 Å². The lowest BCUT2D eigenvalue weighted by atomic mass is 9.87. The molecule has 0 aliphatic heterocycles. The summed E-state index contributed by atoms with van der Waals surface area (Å²) >= 11 is 1.85. The van der Waals surface area contributed by atoms with Gasteiger partial charge in [0.25, 0.3) is 0 Å². The van der Waals surface area contributed by atoms with Crippen LogP contribution in [-0.4, -0.2) is 26.1 Å². The minimum atomic E-state index is 0.167. The van der Waals surface area contributed by atoms with E-state index in [0.29, 0.717) is 17.2 Å². The van der Waals surface area contributed by atoms with Crippen LogP contribution >= 0.6 is 11.8 Å². The van der Waals surface area contributed by atoms with E-state index >= 15 is 0 Å². The van der Waals surface area contributed by atoms with Gasteiger partial charge in [-0.2, -0.15) is 0 Å². The summed E-state index contributed by atoms with van der Waals surface area (Å²) in [5.74, 6) is 1.90. The number of nitrogens with zero attached hydrogens (tertiary/aromatic N) is 3. The quantitative estimate of drug-likeness (QED) is 0.813. The van der Waals surface area contributed by atoms with Crippen LogP contribution in [-0.2, 0) is 0 Å². The van der Waals surface area contributed by atoms with E-state index in [2.05, 4.69) is 42.5 Å². The lowest BCUT2D eigenvalue weighted by molar-refractivity contribution is 0.349. The van der Waals surface area contributed by atoms with E-state index in [9.17, 15) is 0 Å². The number of rotatable bonds is 6. The highest BCUT2D eigenvalue weighted by Gasteiger charge is 2.38. The number of aromatic nitrogens is 3. The van der Waals surface area contributed by atoms with Gasteiger partial charge in [-0.1, -0.05) is 39.5 Å². The standard InChI is InChI=1S/C16H28N4S/c1-5-12(17)13(16(2,3)4)21-15-19-18-14(10-6-7-10)20(15)11-8-9-11/h10-13H,5-9,17H2,1-4H3. The third kappa shape index (κ3) is 3.29. The highest BCUT2D eigenvalue weighted by Crippen LogP contribution is 2.47. The molecule has 2 aliphatic rings. The van der Waals surface area contributed by atoms with Gasteiger partial charge < -0.3 is 10.3 Å². The van der Waals surface area contributed by atoms with E-state index in [1.807, 2.05) is 11.8 Å². The van der Waals surface area contributed by atoms with E-state index in [0.717, 1.165) is 11.6 Å². The predicted molar refractivity (Wildman–Crippen MR) is 87.6 cm³/mol. The Balaban J connectivity index is 1.85. The van der Waals surface area contributed by atoms with Crippen LogP contribution in [0.25, 0.3) is 0 Å². The first-order valence-electron chi connectivity index (χ1n) is 8.28. The predicted octanol–water partition coefficient (Wildman–Crippen LogP) is 3.73. The Hall–Kier alpha value is -0.550. The van der Waals surface area contributed by atoms with Crippen molar-refractivity contribution in [1.82, 2.24) is 14.8 Å². The molecule has 2 aliphatic carbocycles. The molecule has 1 heterocycles. The Morgan fingerprint density at radius 3 is 2.38 bits per heavy atom. The average Bonchev–Trinajstić information content (AvgIpc) is 3.32. The fourth-order valence-electron chi connectivity index (χ4n) is 2.90. The highest BCUT2D eigenvalue weighted by molar-refractivity contribution is 7.99. The molecule has 2 atom stereocenters. The Kier molecular flexibility index (Phi) is 4.08. The smallest absolute Gasteiger partial charge is 0.191 e. The molecule has 21 heavy (non-hydrogen) atoms. The molecule has 118 valence electrons. The minimum absolute atomic E-state index is 0.167. The fourth-order valence-corrected chi connectivity index (χ4v) is 4.29. The molecule has 0 saturated heterocycles. The molecule has 1 aromatic heterocycles. The van der Waals surface area contributed by atoms with Crippen LogP contribution in [0.2, 0.25) is 0 Å². The molecule has 0 bridgehead atoms. The van der Waals surface area contributed by atoms with Crippen molar-refractivity contribution in [2.45, 2.75) is 88.2 Å². The van der Waals surface area contributed by atoms with Crippen molar-refractivity contribution in [3.05, 3.63) is 5.82 Å². The highest BCUT2D eigenvalue weighted by atomic mass is 32.2. The van der Waals surface area contributed by atoms with Crippen molar-refractivity contribution in [2.24, 2.45) is 11.1 Å². The van der Waals surface area contributed by atoms with Crippen molar-refractivity contribution >= 4 is 11.8 Å². The van der Waals surface area contributed by atoms with Crippen molar-refractivity contribution in [3.8, 4) is 0 Å². The summed E-state index contributed by atoms with van der Waals surface area (Å²) in [5, 5.41) is 10.5. The molecule has 2 fully saturated rings. The SMILES string of the molecule is CCC(N)C(Sc1nnc(C2CC2)n1C1CC1)C(C)(C)C. The summed E-state index contributed by atoms with van der Waals surface area (Å²) in [6.07, 6.45) is 6.14. The Morgan fingerprint density at radius 2 is 1.90 bits per heavy atom. The number of hydrogen-bond acceptors (Lipinski definition) is 4. The topological polar surface area (TPSA) is 56.7 Å². The lowest BCUT2D eigenvalue weighted by Gasteiger charge is -2.34. The Bertz CT molecular complexity index is 497. The number of hydrogen-bond donors (Lipinski definition) is 1. The maximum Gasteiger partial charge on any atom is 0.191 e. The molecule has 2 saturated carbocycles. The average molecular weight is 308 g/mol. The van der Waals surface area contributed by atoms with Gasteiger partial charge in [-0.3, -0.25) is 0 Å². The molecule has 4 nitrogen and oxygen atoms in total. The van der Waals surface area contributed by atoms with E-state index in [-0.39, 0.29) is 11.5 Å². The molecular weight excluding hydrogens is 280 g/mol. The molecular formula is C16H28N4S. The van der Waals surface area contributed by atoms with Gasteiger partial charge in [0.15, 0.2) is 5.16 Å². The monoisotopic (exact) mass is 308 g/mol. The van der Waals surface area contributed by atoms with E-state index < -0.39 is 0 Å². The number of nitrogens with two attached hydrogens (primary N) is 1. The molecule has 5 heteroatoms. The zero-order valence-electron chi connectivity index (χ0n) is 13.7. The van der Waals surface area contributed by atoms with Gasteiger partial charge in [0.05, 0.1) is 0 Å². The van der Waals surface area contributed by atoms with Gasteiger partial charge in [-0.15, -0.1) is 10.2 Å². The normalized spacial score (nSPS) is 22.3. The first kappa shape index (κ1) is 15.3. The molecule has 0 aromatic carbocycles. The van der Waals surface area contributed by atoms with E-state index in [1.54, 1.807) is 0 Å². The molecule has 3 rings (SSSR count). The van der Waals surface area contributed by atoms with Crippen LogP contribution < -0.4 is 5.73 Å². The van der Waals surface area contributed by atoms with Gasteiger partial charge in [-0.25, -0.2) is 0 Å². The van der Waals surface area contributed by atoms with Crippen LogP contribution in [0.3, 0.4) is 0 Å². The second kappa shape index (κ2) is 5.58. The zero-order chi connectivity index (χ0) is 15.2. The molecule has 2 N–H and O–H groups in total. The Labute approximate surface area is 132 Å². The molecule has 0 radical (unpaired) electrons. The van der Waals surface area contributed by atoms with Gasteiger partial charge in [0, 0.05) is 23.3 Å². The summed E-state index contributed by atoms with van der Waals surface area (Å²) in [5.41, 5.74) is 6.56. The van der Waals surface area contributed by atoms with Crippen LogP contribution in [0, 0.1) is 5.41 Å². The van der Waals surface area contributed by atoms with E-state index in [1.165, 1.54) is 31.5 Å². The first-order chi connectivity index (χ1) is 9.91. The third-order valence-electron chi connectivity index (χ3n) is 4.49. The largest absolute Gasteiger partial charge is 0.327 e.